The molecule has 3 aliphatic rings. The van der Waals surface area contributed by atoms with Crippen LogP contribution >= 0.6 is 11.6 Å². The molecule has 0 bridgehead atoms. The van der Waals surface area contributed by atoms with E-state index in [0.717, 1.165) is 12.8 Å². The highest BCUT2D eigenvalue weighted by Gasteiger charge is 2.28. The first-order valence-electron chi connectivity index (χ1n) is 8.15. The Morgan fingerprint density at radius 3 is 2.75 bits per heavy atom. The number of ketones is 1. The summed E-state index contributed by atoms with van der Waals surface area (Å²) >= 11 is 6.29. The predicted molar refractivity (Wildman–Crippen MR) is 93.1 cm³/mol. The standard InChI is InChI=1S/C16H21ClN2O4S/c17-14-7-11(8-19-16(14)23-13-3-1-2-4-13)15(20)9-18-12-5-6-24(21,22)10-12/h5-8,12-14,16,18H,1-4,9-10H2. The molecule has 6 nitrogen and oxygen atoms in total. The minimum absolute atomic E-state index is 0.0111. The molecule has 2 heterocycles. The van der Waals surface area contributed by atoms with E-state index in [0.29, 0.717) is 5.57 Å². The zero-order valence-electron chi connectivity index (χ0n) is 13.2. The largest absolute Gasteiger partial charge is 0.351 e. The lowest BCUT2D eigenvalue weighted by Crippen LogP contribution is -2.36. The van der Waals surface area contributed by atoms with Crippen molar-refractivity contribution in [3.63, 3.8) is 0 Å². The second-order valence-electron chi connectivity index (χ2n) is 6.35. The SMILES string of the molecule is O=C(CNC1C=CS(=O)(=O)C1)C1=CC(Cl)C(OC2CCCC2)N=C1. The zero-order valence-corrected chi connectivity index (χ0v) is 14.8. The number of hydrogen-bond acceptors (Lipinski definition) is 6. The Hall–Kier alpha value is -1.02. The van der Waals surface area contributed by atoms with E-state index in [4.69, 9.17) is 16.3 Å². The topological polar surface area (TPSA) is 84.8 Å². The number of dihydropyridines is 1. The first-order chi connectivity index (χ1) is 11.4. The highest BCUT2D eigenvalue weighted by atomic mass is 35.5. The van der Waals surface area contributed by atoms with Gasteiger partial charge in [0, 0.05) is 23.2 Å². The van der Waals surface area contributed by atoms with E-state index < -0.39 is 21.4 Å². The van der Waals surface area contributed by atoms with Crippen molar-refractivity contribution in [2.45, 2.75) is 49.4 Å². The molecule has 1 fully saturated rings. The monoisotopic (exact) mass is 372 g/mol. The molecule has 3 unspecified atom stereocenters. The van der Waals surface area contributed by atoms with E-state index >= 15 is 0 Å². The minimum atomic E-state index is -3.13. The molecule has 1 aliphatic carbocycles. The number of nitrogens with zero attached hydrogens (tertiary/aromatic N) is 1. The maximum Gasteiger partial charge on any atom is 0.177 e. The Morgan fingerprint density at radius 2 is 2.12 bits per heavy atom. The molecule has 24 heavy (non-hydrogen) atoms. The summed E-state index contributed by atoms with van der Waals surface area (Å²) in [5, 5.41) is 3.63. The van der Waals surface area contributed by atoms with Crippen LogP contribution in [0.2, 0.25) is 0 Å². The number of carbonyl (C=O) groups excluding carboxylic acids is 1. The molecule has 0 aromatic carbocycles. The van der Waals surface area contributed by atoms with Gasteiger partial charge in [0.2, 0.25) is 0 Å². The molecule has 0 aromatic rings. The van der Waals surface area contributed by atoms with Gasteiger partial charge in [0.25, 0.3) is 0 Å². The first kappa shape index (κ1) is 17.8. The molecule has 1 saturated carbocycles. The van der Waals surface area contributed by atoms with Gasteiger partial charge in [0.05, 0.1) is 23.8 Å². The number of alkyl halides is 1. The predicted octanol–water partition coefficient (Wildman–Crippen LogP) is 1.36. The number of sulfone groups is 1. The molecule has 0 saturated heterocycles. The van der Waals surface area contributed by atoms with E-state index in [1.807, 2.05) is 0 Å². The maximum absolute atomic E-state index is 12.2. The van der Waals surface area contributed by atoms with Crippen LogP contribution in [0.4, 0.5) is 0 Å². The summed E-state index contributed by atoms with van der Waals surface area (Å²) in [6, 6.07) is -0.328. The van der Waals surface area contributed by atoms with Gasteiger partial charge in [-0.15, -0.1) is 11.6 Å². The van der Waals surface area contributed by atoms with Crippen molar-refractivity contribution in [1.29, 1.82) is 0 Å². The van der Waals surface area contributed by atoms with Gasteiger partial charge in [-0.25, -0.2) is 8.42 Å². The van der Waals surface area contributed by atoms with Crippen LogP contribution in [0.15, 0.2) is 28.1 Å². The Balaban J connectivity index is 1.49. The van der Waals surface area contributed by atoms with Crippen molar-refractivity contribution in [2.24, 2.45) is 4.99 Å². The zero-order chi connectivity index (χ0) is 17.2. The van der Waals surface area contributed by atoms with Gasteiger partial charge in [-0.2, -0.15) is 0 Å². The second-order valence-corrected chi connectivity index (χ2v) is 8.78. The van der Waals surface area contributed by atoms with Gasteiger partial charge < -0.3 is 10.1 Å². The smallest absolute Gasteiger partial charge is 0.177 e. The third-order valence-corrected chi connectivity index (χ3v) is 6.12. The summed E-state index contributed by atoms with van der Waals surface area (Å²) in [4.78, 5) is 16.5. The number of aliphatic imine (C=N–C) groups is 1. The van der Waals surface area contributed by atoms with Crippen LogP contribution in [0, 0.1) is 0 Å². The lowest BCUT2D eigenvalue weighted by Gasteiger charge is -2.24. The highest BCUT2D eigenvalue weighted by Crippen LogP contribution is 2.26. The third-order valence-electron chi connectivity index (χ3n) is 4.38. The van der Waals surface area contributed by atoms with Crippen molar-refractivity contribution >= 4 is 33.4 Å². The van der Waals surface area contributed by atoms with E-state index in [-0.39, 0.29) is 30.2 Å². The number of halogens is 1. The van der Waals surface area contributed by atoms with Crippen molar-refractivity contribution in [3.05, 3.63) is 23.1 Å². The van der Waals surface area contributed by atoms with Crippen molar-refractivity contribution < 1.29 is 17.9 Å². The Kier molecular flexibility index (Phi) is 5.54. The fourth-order valence-electron chi connectivity index (χ4n) is 3.06. The highest BCUT2D eigenvalue weighted by molar-refractivity contribution is 7.94. The van der Waals surface area contributed by atoms with Gasteiger partial charge >= 0.3 is 0 Å². The molecular formula is C16H21ClN2O4S. The maximum atomic E-state index is 12.2. The van der Waals surface area contributed by atoms with E-state index in [1.54, 1.807) is 12.2 Å². The molecular weight excluding hydrogens is 352 g/mol. The molecule has 132 valence electrons. The Bertz CT molecular complexity index is 680. The van der Waals surface area contributed by atoms with Crippen molar-refractivity contribution in [3.8, 4) is 0 Å². The molecule has 0 radical (unpaired) electrons. The lowest BCUT2D eigenvalue weighted by molar-refractivity contribution is -0.114. The van der Waals surface area contributed by atoms with Crippen LogP contribution in [0.25, 0.3) is 0 Å². The molecule has 2 aliphatic heterocycles. The Labute approximate surface area is 146 Å². The van der Waals surface area contributed by atoms with Crippen LogP contribution in [0.3, 0.4) is 0 Å². The average Bonchev–Trinajstić information content (AvgIpc) is 3.16. The van der Waals surface area contributed by atoms with Gasteiger partial charge in [0.1, 0.15) is 0 Å². The van der Waals surface area contributed by atoms with Gasteiger partial charge in [-0.05, 0) is 18.9 Å². The summed E-state index contributed by atoms with van der Waals surface area (Å²) < 4.78 is 28.5. The molecule has 0 spiro atoms. The number of Topliss-reactive ketones (excluding diaryl/α,β-unsaturated/α-hetero) is 1. The number of carbonyl (C=O) groups is 1. The van der Waals surface area contributed by atoms with Crippen molar-refractivity contribution in [2.75, 3.05) is 12.3 Å². The fourth-order valence-corrected chi connectivity index (χ4v) is 4.59. The van der Waals surface area contributed by atoms with Gasteiger partial charge in [-0.1, -0.05) is 18.9 Å². The first-order valence-corrected chi connectivity index (χ1v) is 10.3. The normalized spacial score (nSPS) is 32.2. The molecule has 0 amide bonds. The summed E-state index contributed by atoms with van der Waals surface area (Å²) in [5.41, 5.74) is 0.429. The molecule has 1 N–H and O–H groups in total. The Morgan fingerprint density at radius 1 is 1.38 bits per heavy atom. The van der Waals surface area contributed by atoms with Crippen LogP contribution in [0.1, 0.15) is 25.7 Å². The van der Waals surface area contributed by atoms with Crippen LogP contribution in [-0.4, -0.2) is 56.5 Å². The van der Waals surface area contributed by atoms with Gasteiger partial charge in [-0.3, -0.25) is 9.79 Å². The van der Waals surface area contributed by atoms with E-state index in [9.17, 15) is 13.2 Å². The van der Waals surface area contributed by atoms with Crippen LogP contribution in [0.5, 0.6) is 0 Å². The quantitative estimate of drug-likeness (QED) is 0.711. The molecule has 3 rings (SSSR count). The van der Waals surface area contributed by atoms with E-state index in [1.165, 1.54) is 24.5 Å². The summed E-state index contributed by atoms with van der Waals surface area (Å²) in [5.74, 6) is -0.176. The second kappa shape index (κ2) is 7.47. The third kappa shape index (κ3) is 4.53. The van der Waals surface area contributed by atoms with Crippen molar-refractivity contribution in [1.82, 2.24) is 5.32 Å². The molecule has 8 heteroatoms. The molecule has 0 aromatic heterocycles. The summed E-state index contributed by atoms with van der Waals surface area (Å²) in [7, 11) is -3.13. The average molecular weight is 373 g/mol. The lowest BCUT2D eigenvalue weighted by atomic mass is 10.1. The summed E-state index contributed by atoms with van der Waals surface area (Å²) in [6.07, 6.45) is 8.90. The summed E-state index contributed by atoms with van der Waals surface area (Å²) in [6.45, 7) is 0.0418. The number of hydrogen-bond donors (Lipinski definition) is 1. The van der Waals surface area contributed by atoms with Crippen LogP contribution < -0.4 is 5.32 Å². The number of nitrogens with one attached hydrogen (secondary N) is 1. The fraction of sp³-hybridized carbons (Fsp3) is 0.625. The number of ether oxygens (including phenoxy) is 1. The molecule has 3 atom stereocenters. The van der Waals surface area contributed by atoms with E-state index in [2.05, 4.69) is 10.3 Å². The van der Waals surface area contributed by atoms with Gasteiger partial charge in [0.15, 0.2) is 21.8 Å². The number of rotatable bonds is 6. The minimum Gasteiger partial charge on any atom is -0.351 e. The van der Waals surface area contributed by atoms with Crippen LogP contribution in [-0.2, 0) is 19.4 Å².